The highest BCUT2D eigenvalue weighted by Crippen LogP contribution is 2.66. The van der Waals surface area contributed by atoms with Crippen LogP contribution < -0.4 is 0 Å². The van der Waals surface area contributed by atoms with Crippen molar-refractivity contribution in [2.24, 2.45) is 36.6 Å². The quantitative estimate of drug-likeness (QED) is 0.210. The van der Waals surface area contributed by atoms with Gasteiger partial charge in [-0.05, 0) is 75.7 Å². The third-order valence-corrected chi connectivity index (χ3v) is 10.0. The number of fused-ring (bicyclic) bond motifs is 1. The minimum absolute atomic E-state index is 0.145. The Balaban J connectivity index is 1.73. The van der Waals surface area contributed by atoms with E-state index in [4.69, 9.17) is 9.47 Å². The van der Waals surface area contributed by atoms with Gasteiger partial charge in [-0.3, -0.25) is 4.79 Å². The Morgan fingerprint density at radius 1 is 1.00 bits per heavy atom. The lowest BCUT2D eigenvalue weighted by molar-refractivity contribution is -0.391. The van der Waals surface area contributed by atoms with Gasteiger partial charge in [0.1, 0.15) is 5.92 Å². The molecule has 2 aromatic rings. The van der Waals surface area contributed by atoms with E-state index in [1.165, 1.54) is 49.7 Å². The molecule has 12 heteroatoms. The molecule has 1 aromatic carbocycles. The van der Waals surface area contributed by atoms with Crippen molar-refractivity contribution in [3.8, 4) is 0 Å². The molecule has 0 N–H and O–H groups in total. The highest BCUT2D eigenvalue weighted by molar-refractivity contribution is 6.02. The normalized spacial score (nSPS) is 31.3. The Bertz CT molecular complexity index is 1480. The molecular weight excluding hydrogens is 571 g/mol. The van der Waals surface area contributed by atoms with Crippen LogP contribution in [-0.4, -0.2) is 41.1 Å². The van der Waals surface area contributed by atoms with Gasteiger partial charge < -0.3 is 14.0 Å². The molecule has 1 saturated heterocycles. The van der Waals surface area contributed by atoms with E-state index in [2.05, 4.69) is 0 Å². The smallest absolute Gasteiger partial charge is 0.460 e. The van der Waals surface area contributed by atoms with Gasteiger partial charge in [-0.1, -0.05) is 23.8 Å². The zero-order valence-corrected chi connectivity index (χ0v) is 23.2. The summed E-state index contributed by atoms with van der Waals surface area (Å²) in [5.41, 5.74) is -4.96. The predicted molar refractivity (Wildman–Crippen MR) is 136 cm³/mol. The summed E-state index contributed by atoms with van der Waals surface area (Å²) < 4.78 is 117. The number of cyclic esters (lactones) is 1. The summed E-state index contributed by atoms with van der Waals surface area (Å²) in [4.78, 5) is 27.6. The Labute approximate surface area is 237 Å². The Kier molecular flexibility index (Phi) is 6.38. The third-order valence-electron chi connectivity index (χ3n) is 10.0. The van der Waals surface area contributed by atoms with Crippen LogP contribution in [0.15, 0.2) is 35.4 Å². The molecule has 7 rings (SSSR count). The summed E-state index contributed by atoms with van der Waals surface area (Å²) in [5, 5.41) is -0.145. The molecule has 2 heterocycles. The Morgan fingerprint density at radius 3 is 2.12 bits per heavy atom. The minimum Gasteiger partial charge on any atom is -0.465 e. The van der Waals surface area contributed by atoms with Gasteiger partial charge in [-0.2, -0.15) is 30.7 Å². The molecule has 0 radical (unpaired) electrons. The molecule has 0 spiro atoms. The standard InChI is InChI=1S/C30H30F7NO4/c1-4-41-26(40)24-22(21-17-10-15-9-16(12-17)13-18(21)11-15)25(39)42-27(24,28(31,32)29(33,34)30(35,36)37)23-14(2)38(3)20-8-6-5-7-19(20)23/h5-8,15-18,24H,4,9-13H2,1-3H3/t15?,16?,17?,18?,24-,27+/m0/s1. The fourth-order valence-corrected chi connectivity index (χ4v) is 8.51. The zero-order valence-electron chi connectivity index (χ0n) is 23.2. The highest BCUT2D eigenvalue weighted by Gasteiger charge is 2.86. The summed E-state index contributed by atoms with van der Waals surface area (Å²) in [6.45, 7) is 2.20. The molecule has 42 heavy (non-hydrogen) atoms. The number of halogens is 7. The van der Waals surface area contributed by atoms with Crippen molar-refractivity contribution < 1.29 is 49.8 Å². The van der Waals surface area contributed by atoms with Crippen molar-refractivity contribution in [2.45, 2.75) is 69.6 Å². The number of allylic oxidation sites excluding steroid dienone is 1. The van der Waals surface area contributed by atoms with Crippen LogP contribution in [0.4, 0.5) is 30.7 Å². The predicted octanol–water partition coefficient (Wildman–Crippen LogP) is 7.00. The molecule has 1 aromatic heterocycles. The monoisotopic (exact) mass is 601 g/mol. The first-order chi connectivity index (χ1) is 19.6. The van der Waals surface area contributed by atoms with E-state index < -0.39 is 59.2 Å². The van der Waals surface area contributed by atoms with Gasteiger partial charge in [0.25, 0.3) is 0 Å². The van der Waals surface area contributed by atoms with Gasteiger partial charge >= 0.3 is 30.0 Å². The number of para-hydroxylation sites is 1. The number of hydrogen-bond acceptors (Lipinski definition) is 4. The van der Waals surface area contributed by atoms with Gasteiger partial charge in [0.2, 0.25) is 5.60 Å². The van der Waals surface area contributed by atoms with Crippen LogP contribution in [0.2, 0.25) is 0 Å². The molecule has 2 atom stereocenters. The molecule has 4 saturated carbocycles. The minimum atomic E-state index is -6.74. The number of nitrogens with zero attached hydrogens (tertiary/aromatic N) is 1. The maximum atomic E-state index is 16.6. The van der Waals surface area contributed by atoms with Gasteiger partial charge in [-0.25, -0.2) is 4.79 Å². The largest absolute Gasteiger partial charge is 0.465 e. The number of rotatable bonds is 5. The summed E-state index contributed by atoms with van der Waals surface area (Å²) in [7, 11) is 1.42. The molecule has 1 aliphatic heterocycles. The molecule has 5 fully saturated rings. The molecule has 0 amide bonds. The molecule has 0 unspecified atom stereocenters. The van der Waals surface area contributed by atoms with Crippen LogP contribution in [0.5, 0.6) is 0 Å². The number of esters is 2. The van der Waals surface area contributed by atoms with Crippen LogP contribution >= 0.6 is 0 Å². The number of aromatic nitrogens is 1. The molecule has 228 valence electrons. The van der Waals surface area contributed by atoms with Crippen LogP contribution in [0.25, 0.3) is 10.9 Å². The summed E-state index contributed by atoms with van der Waals surface area (Å²) in [5.74, 6) is -18.3. The second-order valence-corrected chi connectivity index (χ2v) is 12.2. The maximum Gasteiger partial charge on any atom is 0.460 e. The lowest BCUT2D eigenvalue weighted by Crippen LogP contribution is -2.65. The van der Waals surface area contributed by atoms with E-state index in [0.29, 0.717) is 43.1 Å². The Morgan fingerprint density at radius 2 is 1.57 bits per heavy atom. The number of carbonyl (C=O) groups is 2. The Hall–Kier alpha value is -3.05. The van der Waals surface area contributed by atoms with E-state index in [0.717, 1.165) is 6.42 Å². The second-order valence-electron chi connectivity index (χ2n) is 12.2. The average Bonchev–Trinajstić information content (AvgIpc) is 3.34. The van der Waals surface area contributed by atoms with Crippen molar-refractivity contribution in [1.29, 1.82) is 0 Å². The van der Waals surface area contributed by atoms with Gasteiger partial charge in [0.15, 0.2) is 0 Å². The van der Waals surface area contributed by atoms with E-state index in [-0.39, 0.29) is 28.4 Å². The molecule has 4 bridgehead atoms. The van der Waals surface area contributed by atoms with Crippen molar-refractivity contribution in [2.75, 3.05) is 6.61 Å². The second kappa shape index (κ2) is 9.22. The fourth-order valence-electron chi connectivity index (χ4n) is 8.51. The lowest BCUT2D eigenvalue weighted by atomic mass is 9.52. The molecule has 4 aliphatic carbocycles. The first kappa shape index (κ1) is 29.0. The van der Waals surface area contributed by atoms with Gasteiger partial charge in [-0.15, -0.1) is 0 Å². The number of benzene rings is 1. The van der Waals surface area contributed by atoms with E-state index in [1.807, 2.05) is 0 Å². The zero-order chi connectivity index (χ0) is 30.6. The number of ether oxygens (including phenoxy) is 2. The number of carbonyl (C=O) groups excluding carboxylic acids is 2. The van der Waals surface area contributed by atoms with Crippen LogP contribution in [-0.2, 0) is 31.7 Å². The van der Waals surface area contributed by atoms with Crippen LogP contribution in [0, 0.1) is 36.5 Å². The van der Waals surface area contributed by atoms with E-state index in [1.54, 1.807) is 0 Å². The highest BCUT2D eigenvalue weighted by atomic mass is 19.4. The summed E-state index contributed by atoms with van der Waals surface area (Å²) >= 11 is 0. The first-order valence-corrected chi connectivity index (χ1v) is 14.1. The fraction of sp³-hybridized carbons (Fsp3) is 0.600. The van der Waals surface area contributed by atoms with Crippen molar-refractivity contribution in [3.05, 3.63) is 46.7 Å². The van der Waals surface area contributed by atoms with E-state index >= 15 is 17.6 Å². The van der Waals surface area contributed by atoms with Crippen LogP contribution in [0.1, 0.15) is 50.3 Å². The summed E-state index contributed by atoms with van der Waals surface area (Å²) in [6, 6.07) is 5.66. The SMILES string of the molecule is CCOC(=O)[C@@H]1C(=C2C3CC4CC(C3)CC2C4)C(=O)O[C@@]1(c1c(C)n(C)c2ccccc12)C(F)(F)C(F)(F)C(F)(F)F. The molecular formula is C30H30F7NO4. The summed E-state index contributed by atoms with van der Waals surface area (Å²) in [6.07, 6.45) is -3.30. The van der Waals surface area contributed by atoms with Gasteiger partial charge in [0, 0.05) is 29.2 Å². The van der Waals surface area contributed by atoms with Crippen molar-refractivity contribution in [3.63, 3.8) is 0 Å². The average molecular weight is 602 g/mol. The van der Waals surface area contributed by atoms with Crippen molar-refractivity contribution >= 4 is 22.8 Å². The van der Waals surface area contributed by atoms with E-state index in [9.17, 15) is 22.8 Å². The van der Waals surface area contributed by atoms with Crippen LogP contribution in [0.3, 0.4) is 0 Å². The number of hydrogen-bond donors (Lipinski definition) is 0. The topological polar surface area (TPSA) is 57.5 Å². The first-order valence-electron chi connectivity index (χ1n) is 14.1. The maximum absolute atomic E-state index is 16.6. The lowest BCUT2D eigenvalue weighted by Gasteiger charge is -2.52. The number of aryl methyl sites for hydroxylation is 1. The van der Waals surface area contributed by atoms with Crippen molar-refractivity contribution in [1.82, 2.24) is 4.57 Å². The third kappa shape index (κ3) is 3.61. The molecule has 5 nitrogen and oxygen atoms in total. The number of alkyl halides is 7. The molecule has 5 aliphatic rings. The van der Waals surface area contributed by atoms with Gasteiger partial charge in [0.05, 0.1) is 12.2 Å².